The van der Waals surface area contributed by atoms with Crippen LogP contribution in [0.5, 0.6) is 11.5 Å². The van der Waals surface area contributed by atoms with Crippen LogP contribution in [-0.2, 0) is 17.7 Å². The van der Waals surface area contributed by atoms with Crippen molar-refractivity contribution in [2.24, 2.45) is 4.99 Å². The molecule has 1 aliphatic rings. The quantitative estimate of drug-likeness (QED) is 0.199. The number of nitrogens with one attached hydrogen (secondary N) is 3. The van der Waals surface area contributed by atoms with Crippen LogP contribution in [-0.4, -0.2) is 50.5 Å². The van der Waals surface area contributed by atoms with E-state index in [0.29, 0.717) is 32.2 Å². The molecule has 8 nitrogen and oxygen atoms in total. The van der Waals surface area contributed by atoms with Crippen LogP contribution in [0.2, 0.25) is 0 Å². The third-order valence-electron chi connectivity index (χ3n) is 4.36. The van der Waals surface area contributed by atoms with Crippen molar-refractivity contribution in [2.45, 2.75) is 65.7 Å². The minimum Gasteiger partial charge on any atom is -0.494 e. The number of rotatable bonds is 8. The molecule has 1 heterocycles. The molecule has 0 bridgehead atoms. The Bertz CT molecular complexity index is 750. The summed E-state index contributed by atoms with van der Waals surface area (Å²) in [5, 5.41) is 9.30. The van der Waals surface area contributed by atoms with Crippen molar-refractivity contribution in [3.63, 3.8) is 0 Å². The molecule has 0 saturated heterocycles. The summed E-state index contributed by atoms with van der Waals surface area (Å²) in [5.74, 6) is 2.49. The summed E-state index contributed by atoms with van der Waals surface area (Å²) >= 11 is 0. The van der Waals surface area contributed by atoms with Crippen LogP contribution in [0.1, 0.15) is 52.2 Å². The van der Waals surface area contributed by atoms with Crippen LogP contribution in [0.15, 0.2) is 17.1 Å². The van der Waals surface area contributed by atoms with Gasteiger partial charge in [-0.25, -0.2) is 4.79 Å². The van der Waals surface area contributed by atoms with Gasteiger partial charge in [0.2, 0.25) is 0 Å². The highest BCUT2D eigenvalue weighted by atomic mass is 127. The normalized spacial score (nSPS) is 15.3. The molecule has 2 rings (SSSR count). The van der Waals surface area contributed by atoms with Gasteiger partial charge < -0.3 is 30.2 Å². The number of hydrogen-bond acceptors (Lipinski definition) is 5. The monoisotopic (exact) mass is 548 g/mol. The lowest BCUT2D eigenvalue weighted by Crippen LogP contribution is -2.39. The Kier molecular flexibility index (Phi) is 11.2. The van der Waals surface area contributed by atoms with E-state index in [1.54, 1.807) is 7.05 Å². The number of alkyl carbamates (subject to hydrolysis) is 1. The molecule has 1 aromatic rings. The third-order valence-corrected chi connectivity index (χ3v) is 4.36. The predicted molar refractivity (Wildman–Crippen MR) is 134 cm³/mol. The largest absolute Gasteiger partial charge is 0.494 e. The molecule has 1 aliphatic heterocycles. The summed E-state index contributed by atoms with van der Waals surface area (Å²) in [6.45, 7) is 11.9. The van der Waals surface area contributed by atoms with Gasteiger partial charge in [-0.1, -0.05) is 0 Å². The Labute approximate surface area is 202 Å². The van der Waals surface area contributed by atoms with Crippen LogP contribution in [0.25, 0.3) is 0 Å². The summed E-state index contributed by atoms with van der Waals surface area (Å²) in [4.78, 5) is 15.9. The summed E-state index contributed by atoms with van der Waals surface area (Å²) in [6.07, 6.45) is 1.45. The van der Waals surface area contributed by atoms with Crippen LogP contribution < -0.4 is 25.4 Å². The summed E-state index contributed by atoms with van der Waals surface area (Å²) in [5.41, 5.74) is 1.73. The molecule has 176 valence electrons. The highest BCUT2D eigenvalue weighted by Crippen LogP contribution is 2.35. The lowest BCUT2D eigenvalue weighted by Gasteiger charge is -2.19. The predicted octanol–water partition coefficient (Wildman–Crippen LogP) is 3.61. The van der Waals surface area contributed by atoms with Crippen molar-refractivity contribution in [3.05, 3.63) is 23.3 Å². The first-order chi connectivity index (χ1) is 14.2. The van der Waals surface area contributed by atoms with Crippen LogP contribution in [0.3, 0.4) is 0 Å². The van der Waals surface area contributed by atoms with Gasteiger partial charge in [-0.2, -0.15) is 0 Å². The van der Waals surface area contributed by atoms with E-state index in [1.165, 1.54) is 5.56 Å². The molecular formula is C22H37IN4O4. The molecule has 0 saturated carbocycles. The second-order valence-corrected chi connectivity index (χ2v) is 8.27. The number of hydrogen-bond donors (Lipinski definition) is 3. The fourth-order valence-electron chi connectivity index (χ4n) is 3.11. The average Bonchev–Trinajstić information content (AvgIpc) is 3.01. The second-order valence-electron chi connectivity index (χ2n) is 8.27. The van der Waals surface area contributed by atoms with Crippen LogP contribution in [0, 0.1) is 0 Å². The van der Waals surface area contributed by atoms with Crippen molar-refractivity contribution < 1.29 is 19.0 Å². The molecule has 0 radical (unpaired) electrons. The molecule has 9 heteroatoms. The number of benzene rings is 1. The number of carbonyl (C=O) groups excluding carboxylic acids is 1. The molecule has 1 unspecified atom stereocenters. The first-order valence-electron chi connectivity index (χ1n) is 10.6. The maximum atomic E-state index is 11.6. The fraction of sp³-hybridized carbons (Fsp3) is 0.636. The van der Waals surface area contributed by atoms with Gasteiger partial charge in [-0.15, -0.1) is 24.0 Å². The van der Waals surface area contributed by atoms with E-state index in [1.807, 2.05) is 27.7 Å². The van der Waals surface area contributed by atoms with E-state index >= 15 is 0 Å². The van der Waals surface area contributed by atoms with E-state index < -0.39 is 11.7 Å². The van der Waals surface area contributed by atoms with Crippen LogP contribution >= 0.6 is 24.0 Å². The van der Waals surface area contributed by atoms with Gasteiger partial charge >= 0.3 is 6.09 Å². The number of ether oxygens (including phenoxy) is 3. The highest BCUT2D eigenvalue weighted by molar-refractivity contribution is 14.0. The topological polar surface area (TPSA) is 93.2 Å². The van der Waals surface area contributed by atoms with Gasteiger partial charge in [-0.3, -0.25) is 4.99 Å². The molecule has 0 spiro atoms. The van der Waals surface area contributed by atoms with Crippen molar-refractivity contribution in [2.75, 3.05) is 26.7 Å². The first kappa shape index (κ1) is 27.1. The maximum absolute atomic E-state index is 11.6. The highest BCUT2D eigenvalue weighted by Gasteiger charge is 2.22. The number of halogens is 1. The van der Waals surface area contributed by atoms with E-state index in [2.05, 4.69) is 40.0 Å². The summed E-state index contributed by atoms with van der Waals surface area (Å²) < 4.78 is 16.9. The minimum atomic E-state index is -0.491. The Balaban J connectivity index is 0.00000480. The van der Waals surface area contributed by atoms with Crippen LogP contribution in [0.4, 0.5) is 4.79 Å². The van der Waals surface area contributed by atoms with Gasteiger partial charge in [0.1, 0.15) is 23.2 Å². The standard InChI is InChI=1S/C22H36N4O4.HI/c1-7-28-18-12-16-11-15(2)29-19(16)13-17(18)14-26-20(23-6)24-9-8-10-25-21(27)30-22(3,4)5;/h12-13,15H,7-11,14H2,1-6H3,(H,25,27)(H2,23,24,26);1H. The lowest BCUT2D eigenvalue weighted by atomic mass is 10.1. The second kappa shape index (κ2) is 12.8. The Hall–Kier alpha value is -1.91. The fourth-order valence-corrected chi connectivity index (χ4v) is 3.11. The van der Waals surface area contributed by atoms with Crippen molar-refractivity contribution in [1.29, 1.82) is 0 Å². The number of amides is 1. The molecule has 1 atom stereocenters. The molecule has 1 aromatic carbocycles. The number of fused-ring (bicyclic) bond motifs is 1. The van der Waals surface area contributed by atoms with E-state index in [4.69, 9.17) is 14.2 Å². The number of nitrogens with zero attached hydrogens (tertiary/aromatic N) is 1. The van der Waals surface area contributed by atoms with E-state index in [9.17, 15) is 4.79 Å². The van der Waals surface area contributed by atoms with Gasteiger partial charge in [0.25, 0.3) is 0 Å². The summed E-state index contributed by atoms with van der Waals surface area (Å²) in [7, 11) is 1.73. The van der Waals surface area contributed by atoms with Crippen molar-refractivity contribution >= 4 is 36.0 Å². The van der Waals surface area contributed by atoms with Gasteiger partial charge in [0.05, 0.1) is 6.61 Å². The first-order valence-corrected chi connectivity index (χ1v) is 10.6. The molecule has 3 N–H and O–H groups in total. The van der Waals surface area contributed by atoms with E-state index in [0.717, 1.165) is 29.9 Å². The maximum Gasteiger partial charge on any atom is 0.407 e. The summed E-state index contributed by atoms with van der Waals surface area (Å²) in [6, 6.07) is 4.13. The number of guanidine groups is 1. The van der Waals surface area contributed by atoms with Gasteiger partial charge in [0.15, 0.2) is 5.96 Å². The van der Waals surface area contributed by atoms with Gasteiger partial charge in [-0.05, 0) is 53.2 Å². The zero-order chi connectivity index (χ0) is 22.1. The zero-order valence-corrected chi connectivity index (χ0v) is 21.8. The lowest BCUT2D eigenvalue weighted by molar-refractivity contribution is 0.0527. The van der Waals surface area contributed by atoms with Crippen molar-refractivity contribution in [3.8, 4) is 11.5 Å². The molecule has 0 aliphatic carbocycles. The smallest absolute Gasteiger partial charge is 0.407 e. The Morgan fingerprint density at radius 2 is 1.94 bits per heavy atom. The molecule has 0 aromatic heterocycles. The molecular weight excluding hydrogens is 511 g/mol. The number of carbonyl (C=O) groups is 1. The molecule has 0 fully saturated rings. The minimum absolute atomic E-state index is 0. The number of aliphatic imine (C=N–C) groups is 1. The van der Waals surface area contributed by atoms with Crippen molar-refractivity contribution in [1.82, 2.24) is 16.0 Å². The Morgan fingerprint density at radius 3 is 2.58 bits per heavy atom. The van der Waals surface area contributed by atoms with Gasteiger partial charge in [0, 0.05) is 44.2 Å². The molecule has 1 amide bonds. The Morgan fingerprint density at radius 1 is 1.23 bits per heavy atom. The average molecular weight is 548 g/mol. The third kappa shape index (κ3) is 9.40. The van der Waals surface area contributed by atoms with E-state index in [-0.39, 0.29) is 30.1 Å². The SMILES string of the molecule is CCOc1cc2c(cc1CNC(=NC)NCCCNC(=O)OC(C)(C)C)OC(C)C2.I. The molecule has 31 heavy (non-hydrogen) atoms. The zero-order valence-electron chi connectivity index (χ0n) is 19.5.